The van der Waals surface area contributed by atoms with Gasteiger partial charge in [-0.05, 0) is 24.1 Å². The van der Waals surface area contributed by atoms with Gasteiger partial charge in [-0.25, -0.2) is 13.2 Å². The summed E-state index contributed by atoms with van der Waals surface area (Å²) in [5.74, 6) is -0.410. The van der Waals surface area contributed by atoms with Crippen molar-refractivity contribution >= 4 is 0 Å². The number of benzene rings is 1. The largest absolute Gasteiger partial charge is 0.324 e. The van der Waals surface area contributed by atoms with Crippen LogP contribution in [0.3, 0.4) is 0 Å². The summed E-state index contributed by atoms with van der Waals surface area (Å²) in [6.07, 6.45) is -2.91. The molecule has 0 unspecified atom stereocenters. The first kappa shape index (κ1) is 11.0. The van der Waals surface area contributed by atoms with Crippen molar-refractivity contribution in [3.8, 4) is 0 Å². The molecule has 0 fully saturated rings. The van der Waals surface area contributed by atoms with Gasteiger partial charge in [-0.3, -0.25) is 0 Å². The fourth-order valence-corrected chi connectivity index (χ4v) is 1.34. The Labute approximate surface area is 80.7 Å². The van der Waals surface area contributed by atoms with E-state index in [9.17, 15) is 13.2 Å². The van der Waals surface area contributed by atoms with E-state index in [0.29, 0.717) is 11.1 Å². The van der Waals surface area contributed by atoms with E-state index in [4.69, 9.17) is 5.73 Å². The highest BCUT2D eigenvalue weighted by Gasteiger charge is 2.15. The summed E-state index contributed by atoms with van der Waals surface area (Å²) in [4.78, 5) is 0. The first-order valence-corrected chi connectivity index (χ1v) is 4.31. The van der Waals surface area contributed by atoms with Crippen LogP contribution >= 0.6 is 0 Å². The van der Waals surface area contributed by atoms with Gasteiger partial charge in [0.2, 0.25) is 6.43 Å². The minimum atomic E-state index is -2.47. The van der Waals surface area contributed by atoms with Crippen molar-refractivity contribution in [2.45, 2.75) is 25.8 Å². The smallest absolute Gasteiger partial charge is 0.240 e. The summed E-state index contributed by atoms with van der Waals surface area (Å²) in [6, 6.07) is 3.54. The minimum absolute atomic E-state index is 0.348. The van der Waals surface area contributed by atoms with Crippen molar-refractivity contribution in [1.82, 2.24) is 0 Å². The van der Waals surface area contributed by atoms with Crippen LogP contribution in [-0.4, -0.2) is 6.43 Å². The second-order valence-electron chi connectivity index (χ2n) is 3.19. The molecule has 1 nitrogen and oxygen atoms in total. The standard InChI is InChI=1S/C10H12F3N/c1-6-7(3-2-4-8(6)11)9(14)5-10(12)13/h2-4,9-10H,5,14H2,1H3/t9-/m0/s1. The van der Waals surface area contributed by atoms with Gasteiger partial charge in [0.25, 0.3) is 0 Å². The lowest BCUT2D eigenvalue weighted by Crippen LogP contribution is -2.15. The number of halogens is 3. The van der Waals surface area contributed by atoms with E-state index in [-0.39, 0.29) is 0 Å². The van der Waals surface area contributed by atoms with Crippen LogP contribution in [0.1, 0.15) is 23.6 Å². The summed E-state index contributed by atoms with van der Waals surface area (Å²) >= 11 is 0. The summed E-state index contributed by atoms with van der Waals surface area (Å²) < 4.78 is 37.1. The summed E-state index contributed by atoms with van der Waals surface area (Å²) in [5, 5.41) is 0. The minimum Gasteiger partial charge on any atom is -0.324 e. The van der Waals surface area contributed by atoms with Crippen LogP contribution in [-0.2, 0) is 0 Å². The average Bonchev–Trinajstić information content (AvgIpc) is 2.08. The molecule has 0 aliphatic heterocycles. The molecule has 0 amide bonds. The number of hydrogen-bond donors (Lipinski definition) is 1. The maximum Gasteiger partial charge on any atom is 0.240 e. The molecule has 1 aromatic carbocycles. The summed E-state index contributed by atoms with van der Waals surface area (Å²) in [7, 11) is 0. The van der Waals surface area contributed by atoms with Crippen LogP contribution in [0, 0.1) is 12.7 Å². The van der Waals surface area contributed by atoms with Crippen LogP contribution in [0.2, 0.25) is 0 Å². The lowest BCUT2D eigenvalue weighted by Gasteiger charge is -2.14. The lowest BCUT2D eigenvalue weighted by atomic mass is 9.99. The Morgan fingerprint density at radius 3 is 2.57 bits per heavy atom. The molecule has 0 aliphatic rings. The average molecular weight is 203 g/mol. The molecule has 0 saturated carbocycles. The van der Waals surface area contributed by atoms with Crippen molar-refractivity contribution in [2.24, 2.45) is 5.73 Å². The lowest BCUT2D eigenvalue weighted by molar-refractivity contribution is 0.128. The predicted octanol–water partition coefficient (Wildman–Crippen LogP) is 2.79. The Morgan fingerprint density at radius 2 is 2.00 bits per heavy atom. The zero-order valence-electron chi connectivity index (χ0n) is 7.81. The first-order valence-electron chi connectivity index (χ1n) is 4.31. The quantitative estimate of drug-likeness (QED) is 0.803. The van der Waals surface area contributed by atoms with Gasteiger partial charge in [-0.15, -0.1) is 0 Å². The third-order valence-corrected chi connectivity index (χ3v) is 2.14. The summed E-state index contributed by atoms with van der Waals surface area (Å²) in [5.41, 5.74) is 6.32. The van der Waals surface area contributed by atoms with Crippen LogP contribution in [0.15, 0.2) is 18.2 Å². The van der Waals surface area contributed by atoms with Gasteiger partial charge >= 0.3 is 0 Å². The van der Waals surface area contributed by atoms with Crippen molar-refractivity contribution in [3.05, 3.63) is 35.1 Å². The van der Waals surface area contributed by atoms with Crippen molar-refractivity contribution in [1.29, 1.82) is 0 Å². The highest BCUT2D eigenvalue weighted by Crippen LogP contribution is 2.22. The van der Waals surface area contributed by atoms with Gasteiger partial charge in [-0.2, -0.15) is 0 Å². The van der Waals surface area contributed by atoms with Gasteiger partial charge < -0.3 is 5.73 Å². The fraction of sp³-hybridized carbons (Fsp3) is 0.400. The maximum atomic E-state index is 13.0. The zero-order valence-corrected chi connectivity index (χ0v) is 7.81. The monoisotopic (exact) mass is 203 g/mol. The van der Waals surface area contributed by atoms with E-state index >= 15 is 0 Å². The van der Waals surface area contributed by atoms with E-state index in [0.717, 1.165) is 0 Å². The van der Waals surface area contributed by atoms with Gasteiger partial charge in [0, 0.05) is 12.5 Å². The molecule has 1 atom stereocenters. The third-order valence-electron chi connectivity index (χ3n) is 2.14. The van der Waals surface area contributed by atoms with Gasteiger partial charge in [-0.1, -0.05) is 12.1 Å². The molecule has 0 spiro atoms. The molecule has 0 saturated heterocycles. The van der Waals surface area contributed by atoms with Gasteiger partial charge in [0.15, 0.2) is 0 Å². The van der Waals surface area contributed by atoms with Crippen molar-refractivity contribution in [3.63, 3.8) is 0 Å². The number of alkyl halides is 2. The molecule has 2 N–H and O–H groups in total. The molecule has 0 radical (unpaired) electrons. The molecule has 0 aromatic heterocycles. The topological polar surface area (TPSA) is 26.0 Å². The Kier molecular flexibility index (Phi) is 3.52. The van der Waals surface area contributed by atoms with Crippen molar-refractivity contribution in [2.75, 3.05) is 0 Å². The second kappa shape index (κ2) is 4.46. The fourth-order valence-electron chi connectivity index (χ4n) is 1.34. The first-order chi connectivity index (χ1) is 6.52. The number of rotatable bonds is 3. The SMILES string of the molecule is Cc1c(F)cccc1[C@@H](N)CC(F)F. The van der Waals surface area contributed by atoms with Crippen LogP contribution in [0.4, 0.5) is 13.2 Å². The molecular weight excluding hydrogens is 191 g/mol. The van der Waals surface area contributed by atoms with E-state index in [1.807, 2.05) is 0 Å². The van der Waals surface area contributed by atoms with Crippen LogP contribution in [0.25, 0.3) is 0 Å². The van der Waals surface area contributed by atoms with E-state index in [1.54, 1.807) is 6.07 Å². The Bertz CT molecular complexity index is 312. The zero-order chi connectivity index (χ0) is 10.7. The predicted molar refractivity (Wildman–Crippen MR) is 48.7 cm³/mol. The van der Waals surface area contributed by atoms with E-state index in [2.05, 4.69) is 0 Å². The molecule has 4 heteroatoms. The Morgan fingerprint density at radius 1 is 1.36 bits per heavy atom. The van der Waals surface area contributed by atoms with E-state index < -0.39 is 24.7 Å². The molecule has 78 valence electrons. The van der Waals surface area contributed by atoms with Gasteiger partial charge in [0.05, 0.1) is 0 Å². The Hall–Kier alpha value is -1.03. The number of hydrogen-bond acceptors (Lipinski definition) is 1. The molecule has 0 heterocycles. The molecule has 1 rings (SSSR count). The van der Waals surface area contributed by atoms with Crippen molar-refractivity contribution < 1.29 is 13.2 Å². The maximum absolute atomic E-state index is 13.0. The second-order valence-corrected chi connectivity index (χ2v) is 3.19. The van der Waals surface area contributed by atoms with E-state index in [1.165, 1.54) is 19.1 Å². The number of nitrogens with two attached hydrogens (primary N) is 1. The molecular formula is C10H12F3N. The molecule has 0 aliphatic carbocycles. The Balaban J connectivity index is 2.89. The molecule has 1 aromatic rings. The third kappa shape index (κ3) is 2.48. The van der Waals surface area contributed by atoms with Gasteiger partial charge in [0.1, 0.15) is 5.82 Å². The highest BCUT2D eigenvalue weighted by atomic mass is 19.3. The molecule has 14 heavy (non-hydrogen) atoms. The normalized spacial score (nSPS) is 13.3. The van der Waals surface area contributed by atoms with Crippen LogP contribution in [0.5, 0.6) is 0 Å². The summed E-state index contributed by atoms with van der Waals surface area (Å²) in [6.45, 7) is 1.54. The highest BCUT2D eigenvalue weighted by molar-refractivity contribution is 5.29. The van der Waals surface area contributed by atoms with Crippen LogP contribution < -0.4 is 5.73 Å². The molecule has 0 bridgehead atoms.